The molecule has 0 spiro atoms. The van der Waals surface area contributed by atoms with Crippen LogP contribution in [0.2, 0.25) is 0 Å². The van der Waals surface area contributed by atoms with E-state index in [1.807, 2.05) is 0 Å². The van der Waals surface area contributed by atoms with Crippen molar-refractivity contribution in [1.82, 2.24) is 14.0 Å². The van der Waals surface area contributed by atoms with Crippen LogP contribution in [-0.2, 0) is 16.6 Å². The predicted octanol–water partition coefficient (Wildman–Crippen LogP) is 0.443. The van der Waals surface area contributed by atoms with Crippen LogP contribution in [0, 0.1) is 6.92 Å². The van der Waals surface area contributed by atoms with Crippen LogP contribution in [0.15, 0.2) is 38.6 Å². The van der Waals surface area contributed by atoms with Crippen molar-refractivity contribution in [2.45, 2.75) is 18.4 Å². The number of rotatable bonds is 4. The average molecular weight is 297 g/mol. The first-order valence-electron chi connectivity index (χ1n) is 5.86. The zero-order valence-corrected chi connectivity index (χ0v) is 12.2. The van der Waals surface area contributed by atoms with Crippen LogP contribution in [0.4, 0.5) is 0 Å². The third-order valence-electron chi connectivity index (χ3n) is 2.74. The van der Waals surface area contributed by atoms with Crippen LogP contribution < -0.4 is 5.56 Å². The van der Waals surface area contributed by atoms with Gasteiger partial charge in [-0.15, -0.1) is 0 Å². The SMILES string of the molecule is Cc1cc(Cn2cc(S(=O)(=O)N(C)C)ccc2=O)on1. The summed E-state index contributed by atoms with van der Waals surface area (Å²) in [5.74, 6) is 0.490. The summed E-state index contributed by atoms with van der Waals surface area (Å²) in [6.45, 7) is 1.90. The molecular formula is C12H15N3O4S. The molecule has 0 aliphatic carbocycles. The molecule has 0 amide bonds. The second kappa shape index (κ2) is 5.22. The van der Waals surface area contributed by atoms with Gasteiger partial charge in [-0.2, -0.15) is 0 Å². The summed E-state index contributed by atoms with van der Waals surface area (Å²) in [6.07, 6.45) is 1.30. The highest BCUT2D eigenvalue weighted by Crippen LogP contribution is 2.11. The van der Waals surface area contributed by atoms with Crippen LogP contribution in [0.1, 0.15) is 11.5 Å². The fraction of sp³-hybridized carbons (Fsp3) is 0.333. The molecule has 2 aromatic heterocycles. The van der Waals surface area contributed by atoms with Crippen molar-refractivity contribution in [3.05, 3.63) is 46.2 Å². The molecule has 0 saturated heterocycles. The summed E-state index contributed by atoms with van der Waals surface area (Å²) in [7, 11) is -0.706. The summed E-state index contributed by atoms with van der Waals surface area (Å²) in [5.41, 5.74) is 0.391. The summed E-state index contributed by atoms with van der Waals surface area (Å²) in [5, 5.41) is 3.73. The molecule has 0 radical (unpaired) electrons. The maximum absolute atomic E-state index is 12.0. The Morgan fingerprint density at radius 2 is 2.05 bits per heavy atom. The lowest BCUT2D eigenvalue weighted by molar-refractivity contribution is 0.371. The van der Waals surface area contributed by atoms with E-state index in [9.17, 15) is 13.2 Å². The van der Waals surface area contributed by atoms with Crippen molar-refractivity contribution in [2.75, 3.05) is 14.1 Å². The van der Waals surface area contributed by atoms with Crippen molar-refractivity contribution in [2.24, 2.45) is 0 Å². The lowest BCUT2D eigenvalue weighted by atomic mass is 10.3. The third kappa shape index (κ3) is 2.81. The highest BCUT2D eigenvalue weighted by atomic mass is 32.2. The first-order chi connectivity index (χ1) is 9.30. The van der Waals surface area contributed by atoms with E-state index in [4.69, 9.17) is 4.52 Å². The van der Waals surface area contributed by atoms with Crippen LogP contribution in [0.3, 0.4) is 0 Å². The molecule has 0 atom stereocenters. The highest BCUT2D eigenvalue weighted by Gasteiger charge is 2.18. The Morgan fingerprint density at radius 1 is 1.35 bits per heavy atom. The van der Waals surface area contributed by atoms with Crippen LogP contribution >= 0.6 is 0 Å². The molecule has 8 heteroatoms. The first kappa shape index (κ1) is 14.5. The minimum absolute atomic E-state index is 0.0540. The maximum Gasteiger partial charge on any atom is 0.251 e. The van der Waals surface area contributed by atoms with E-state index in [1.54, 1.807) is 13.0 Å². The van der Waals surface area contributed by atoms with Crippen molar-refractivity contribution in [3.63, 3.8) is 0 Å². The monoisotopic (exact) mass is 297 g/mol. The Hall–Kier alpha value is -1.93. The van der Waals surface area contributed by atoms with Gasteiger partial charge >= 0.3 is 0 Å². The number of hydrogen-bond acceptors (Lipinski definition) is 5. The molecule has 0 bridgehead atoms. The Bertz CT molecular complexity index is 774. The molecule has 0 unspecified atom stereocenters. The molecule has 0 N–H and O–H groups in total. The molecule has 7 nitrogen and oxygen atoms in total. The predicted molar refractivity (Wildman–Crippen MR) is 71.9 cm³/mol. The number of hydrogen-bond donors (Lipinski definition) is 0. The number of sulfonamides is 1. The molecule has 2 heterocycles. The second-order valence-corrected chi connectivity index (χ2v) is 6.70. The third-order valence-corrected chi connectivity index (χ3v) is 4.54. The van der Waals surface area contributed by atoms with Gasteiger partial charge in [0.25, 0.3) is 5.56 Å². The van der Waals surface area contributed by atoms with Gasteiger partial charge in [0.2, 0.25) is 10.0 Å². The smallest absolute Gasteiger partial charge is 0.251 e. The van der Waals surface area contributed by atoms with E-state index in [1.165, 1.54) is 37.0 Å². The minimum atomic E-state index is -3.58. The van der Waals surface area contributed by atoms with Gasteiger partial charge in [0, 0.05) is 32.4 Å². The van der Waals surface area contributed by atoms with Gasteiger partial charge < -0.3 is 9.09 Å². The Morgan fingerprint density at radius 3 is 2.60 bits per heavy atom. The molecule has 0 aliphatic heterocycles. The topological polar surface area (TPSA) is 85.4 Å². The van der Waals surface area contributed by atoms with Gasteiger partial charge in [-0.25, -0.2) is 12.7 Å². The van der Waals surface area contributed by atoms with Crippen LogP contribution in [0.5, 0.6) is 0 Å². The van der Waals surface area contributed by atoms with Crippen molar-refractivity contribution < 1.29 is 12.9 Å². The molecule has 0 aromatic carbocycles. The largest absolute Gasteiger partial charge is 0.359 e. The van der Waals surface area contributed by atoms with E-state index in [-0.39, 0.29) is 17.0 Å². The molecule has 108 valence electrons. The number of nitrogens with zero attached hydrogens (tertiary/aromatic N) is 3. The summed E-state index contributed by atoms with van der Waals surface area (Å²) >= 11 is 0. The molecule has 2 aromatic rings. The highest BCUT2D eigenvalue weighted by molar-refractivity contribution is 7.89. The summed E-state index contributed by atoms with van der Waals surface area (Å²) in [6, 6.07) is 4.21. The van der Waals surface area contributed by atoms with Gasteiger partial charge in [0.15, 0.2) is 5.76 Å². The zero-order chi connectivity index (χ0) is 14.9. The molecule has 0 saturated carbocycles. The van der Waals surface area contributed by atoms with Crippen LogP contribution in [0.25, 0.3) is 0 Å². The lowest BCUT2D eigenvalue weighted by Gasteiger charge is -2.12. The molecule has 20 heavy (non-hydrogen) atoms. The second-order valence-electron chi connectivity index (χ2n) is 4.55. The molecule has 0 fully saturated rings. The van der Waals surface area contributed by atoms with E-state index in [0.717, 1.165) is 4.31 Å². The Kier molecular flexibility index (Phi) is 3.78. The van der Waals surface area contributed by atoms with Gasteiger partial charge in [-0.3, -0.25) is 4.79 Å². The van der Waals surface area contributed by atoms with E-state index >= 15 is 0 Å². The zero-order valence-electron chi connectivity index (χ0n) is 11.4. The summed E-state index contributed by atoms with van der Waals surface area (Å²) in [4.78, 5) is 11.8. The van der Waals surface area contributed by atoms with Crippen LogP contribution in [-0.4, -0.2) is 36.5 Å². The number of aromatic nitrogens is 2. The number of pyridine rings is 1. The van der Waals surface area contributed by atoms with Gasteiger partial charge in [0.05, 0.1) is 17.1 Å². The average Bonchev–Trinajstić information content (AvgIpc) is 2.77. The molecular weight excluding hydrogens is 282 g/mol. The van der Waals surface area contributed by atoms with Gasteiger partial charge in [0.1, 0.15) is 0 Å². The normalized spacial score (nSPS) is 12.0. The molecule has 0 aliphatic rings. The Labute approximate surface area is 116 Å². The van der Waals surface area contributed by atoms with Crippen molar-refractivity contribution >= 4 is 10.0 Å². The van der Waals surface area contributed by atoms with Crippen molar-refractivity contribution in [1.29, 1.82) is 0 Å². The number of aryl methyl sites for hydroxylation is 1. The lowest BCUT2D eigenvalue weighted by Crippen LogP contribution is -2.26. The van der Waals surface area contributed by atoms with E-state index < -0.39 is 10.0 Å². The summed E-state index contributed by atoms with van der Waals surface area (Å²) < 4.78 is 31.4. The minimum Gasteiger partial charge on any atom is -0.359 e. The quantitative estimate of drug-likeness (QED) is 0.817. The van der Waals surface area contributed by atoms with Crippen molar-refractivity contribution in [3.8, 4) is 0 Å². The van der Waals surface area contributed by atoms with E-state index in [2.05, 4.69) is 5.16 Å². The van der Waals surface area contributed by atoms with Gasteiger partial charge in [-0.1, -0.05) is 5.16 Å². The first-order valence-corrected chi connectivity index (χ1v) is 7.30. The Balaban J connectivity index is 2.42. The maximum atomic E-state index is 12.0. The van der Waals surface area contributed by atoms with E-state index in [0.29, 0.717) is 11.5 Å². The fourth-order valence-electron chi connectivity index (χ4n) is 1.66. The van der Waals surface area contributed by atoms with Gasteiger partial charge in [-0.05, 0) is 13.0 Å². The molecule has 2 rings (SSSR count). The standard InChI is InChI=1S/C12H15N3O4S/c1-9-6-10(19-13-9)7-15-8-11(4-5-12(15)16)20(17,18)14(2)3/h4-6,8H,7H2,1-3H3. The fourth-order valence-corrected chi connectivity index (χ4v) is 2.58.